The van der Waals surface area contributed by atoms with Crippen LogP contribution in [-0.4, -0.2) is 30.4 Å². The maximum absolute atomic E-state index is 13.0. The van der Waals surface area contributed by atoms with Crippen LogP contribution in [0.5, 0.6) is 0 Å². The molecule has 0 radical (unpaired) electrons. The van der Waals surface area contributed by atoms with Gasteiger partial charge in [0.1, 0.15) is 0 Å². The van der Waals surface area contributed by atoms with Crippen LogP contribution >= 0.6 is 15.9 Å². The Bertz CT molecular complexity index is 632. The van der Waals surface area contributed by atoms with Gasteiger partial charge in [-0.25, -0.2) is 8.42 Å². The Hall–Kier alpha value is -0.430. The van der Waals surface area contributed by atoms with Crippen LogP contribution in [0, 0.1) is 5.92 Å². The number of piperidine rings is 1. The predicted molar refractivity (Wildman–Crippen MR) is 84.3 cm³/mol. The highest BCUT2D eigenvalue weighted by Crippen LogP contribution is 2.40. The molecule has 2 atom stereocenters. The number of benzene rings is 1. The topological polar surface area (TPSA) is 57.6 Å². The lowest BCUT2D eigenvalue weighted by Gasteiger charge is -2.36. The minimum Gasteiger partial charge on any atom is -0.392 e. The molecule has 6 heteroatoms. The first-order chi connectivity index (χ1) is 10.0. The minimum absolute atomic E-state index is 0.151. The van der Waals surface area contributed by atoms with Crippen molar-refractivity contribution in [3.63, 3.8) is 0 Å². The number of nitrogens with zero attached hydrogens (tertiary/aromatic N) is 1. The molecule has 3 rings (SSSR count). The van der Waals surface area contributed by atoms with Crippen LogP contribution in [0.2, 0.25) is 0 Å². The van der Waals surface area contributed by atoms with E-state index in [1.54, 1.807) is 22.5 Å². The van der Waals surface area contributed by atoms with Crippen molar-refractivity contribution in [2.45, 2.75) is 49.6 Å². The zero-order valence-corrected chi connectivity index (χ0v) is 14.2. The third kappa shape index (κ3) is 2.79. The Kier molecular flexibility index (Phi) is 4.41. The molecule has 0 bridgehead atoms. The second-order valence-electron chi connectivity index (χ2n) is 5.94. The molecule has 1 aliphatic heterocycles. The van der Waals surface area contributed by atoms with Crippen molar-refractivity contribution < 1.29 is 13.5 Å². The lowest BCUT2D eigenvalue weighted by atomic mass is 9.94. The largest absolute Gasteiger partial charge is 0.392 e. The summed E-state index contributed by atoms with van der Waals surface area (Å²) in [5, 5.41) is 9.26. The summed E-state index contributed by atoms with van der Waals surface area (Å²) in [4.78, 5) is 0.279. The minimum atomic E-state index is -3.50. The van der Waals surface area contributed by atoms with Gasteiger partial charge < -0.3 is 5.11 Å². The van der Waals surface area contributed by atoms with Crippen molar-refractivity contribution in [1.82, 2.24) is 4.31 Å². The van der Waals surface area contributed by atoms with Crippen LogP contribution in [0.25, 0.3) is 0 Å². The van der Waals surface area contributed by atoms with Gasteiger partial charge in [-0.1, -0.05) is 12.5 Å². The van der Waals surface area contributed by atoms with E-state index in [1.165, 1.54) is 0 Å². The molecule has 2 fully saturated rings. The van der Waals surface area contributed by atoms with Gasteiger partial charge in [-0.2, -0.15) is 4.31 Å². The number of rotatable bonds is 3. The van der Waals surface area contributed by atoms with E-state index in [0.29, 0.717) is 22.5 Å². The maximum Gasteiger partial charge on any atom is 0.244 e. The normalized spacial score (nSPS) is 26.8. The summed E-state index contributed by atoms with van der Waals surface area (Å²) in [5.74, 6) is 0.522. The molecule has 1 aromatic rings. The summed E-state index contributed by atoms with van der Waals surface area (Å²) in [5.41, 5.74) is 0.622. The van der Waals surface area contributed by atoms with E-state index in [2.05, 4.69) is 15.9 Å². The summed E-state index contributed by atoms with van der Waals surface area (Å²) >= 11 is 3.35. The molecule has 116 valence electrons. The Morgan fingerprint density at radius 3 is 2.76 bits per heavy atom. The molecule has 0 amide bonds. The molecular formula is C15H20BrNO3S. The summed E-state index contributed by atoms with van der Waals surface area (Å²) in [6, 6.07) is 5.18. The first kappa shape index (κ1) is 15.5. The van der Waals surface area contributed by atoms with Crippen LogP contribution in [-0.2, 0) is 16.6 Å². The number of aliphatic hydroxyl groups is 1. The summed E-state index contributed by atoms with van der Waals surface area (Å²) < 4.78 is 28.3. The smallest absolute Gasteiger partial charge is 0.244 e. The molecule has 2 aliphatic rings. The third-order valence-corrected chi connectivity index (χ3v) is 7.63. The maximum atomic E-state index is 13.0. The molecule has 1 N–H and O–H groups in total. The average molecular weight is 374 g/mol. The predicted octanol–water partition coefficient (Wildman–Crippen LogP) is 2.89. The van der Waals surface area contributed by atoms with E-state index in [-0.39, 0.29) is 17.5 Å². The molecule has 2 unspecified atom stereocenters. The van der Waals surface area contributed by atoms with Gasteiger partial charge in [0, 0.05) is 17.1 Å². The number of sulfonamides is 1. The standard InChI is InChI=1S/C15H20BrNO3S/c16-13-7-6-11(10-18)9-15(13)21(19,20)17-8-2-4-12-3-1-5-14(12)17/h6-7,9,12,14,18H,1-5,8,10H2. The van der Waals surface area contributed by atoms with E-state index in [4.69, 9.17) is 0 Å². The quantitative estimate of drug-likeness (QED) is 0.885. The lowest BCUT2D eigenvalue weighted by molar-refractivity contribution is 0.202. The van der Waals surface area contributed by atoms with Crippen molar-refractivity contribution in [2.24, 2.45) is 5.92 Å². The van der Waals surface area contributed by atoms with E-state index < -0.39 is 10.0 Å². The monoisotopic (exact) mass is 373 g/mol. The summed E-state index contributed by atoms with van der Waals surface area (Å²) in [6.07, 6.45) is 5.33. The fourth-order valence-corrected chi connectivity index (χ4v) is 6.41. The molecule has 1 aliphatic carbocycles. The van der Waals surface area contributed by atoms with Gasteiger partial charge in [0.15, 0.2) is 0 Å². The van der Waals surface area contributed by atoms with Crippen LogP contribution < -0.4 is 0 Å². The molecule has 0 aromatic heterocycles. The highest BCUT2D eigenvalue weighted by atomic mass is 79.9. The van der Waals surface area contributed by atoms with Gasteiger partial charge in [0.2, 0.25) is 10.0 Å². The number of fused-ring (bicyclic) bond motifs is 1. The van der Waals surface area contributed by atoms with E-state index in [1.807, 2.05) is 0 Å². The lowest BCUT2D eigenvalue weighted by Crippen LogP contribution is -2.46. The molecule has 1 heterocycles. The summed E-state index contributed by atoms with van der Waals surface area (Å²) in [6.45, 7) is 0.459. The highest BCUT2D eigenvalue weighted by molar-refractivity contribution is 9.10. The third-order valence-electron chi connectivity index (χ3n) is 4.71. The fourth-order valence-electron chi connectivity index (χ4n) is 3.68. The SMILES string of the molecule is O=S(=O)(c1cc(CO)ccc1Br)N1CCCC2CCCC21. The van der Waals surface area contributed by atoms with Gasteiger partial charge in [0.05, 0.1) is 11.5 Å². The van der Waals surface area contributed by atoms with Crippen LogP contribution in [0.15, 0.2) is 27.6 Å². The van der Waals surface area contributed by atoms with E-state index in [9.17, 15) is 13.5 Å². The van der Waals surface area contributed by atoms with Crippen LogP contribution in [0.1, 0.15) is 37.7 Å². The highest BCUT2D eigenvalue weighted by Gasteiger charge is 2.41. The van der Waals surface area contributed by atoms with Crippen LogP contribution in [0.3, 0.4) is 0 Å². The number of halogens is 1. The van der Waals surface area contributed by atoms with Crippen molar-refractivity contribution in [2.75, 3.05) is 6.54 Å². The van der Waals surface area contributed by atoms with Crippen molar-refractivity contribution >= 4 is 26.0 Å². The number of aliphatic hydroxyl groups excluding tert-OH is 1. The average Bonchev–Trinajstić information content (AvgIpc) is 2.95. The zero-order valence-electron chi connectivity index (χ0n) is 11.8. The van der Waals surface area contributed by atoms with Gasteiger partial charge >= 0.3 is 0 Å². The Labute approximate surface area is 134 Å². The van der Waals surface area contributed by atoms with E-state index >= 15 is 0 Å². The molecule has 1 saturated heterocycles. The van der Waals surface area contributed by atoms with Gasteiger partial charge in [-0.3, -0.25) is 0 Å². The molecule has 21 heavy (non-hydrogen) atoms. The fraction of sp³-hybridized carbons (Fsp3) is 0.600. The molecule has 0 spiro atoms. The molecular weight excluding hydrogens is 354 g/mol. The molecule has 1 aromatic carbocycles. The van der Waals surface area contributed by atoms with Crippen molar-refractivity contribution in [1.29, 1.82) is 0 Å². The zero-order chi connectivity index (χ0) is 15.0. The molecule has 4 nitrogen and oxygen atoms in total. The van der Waals surface area contributed by atoms with Crippen molar-refractivity contribution in [3.8, 4) is 0 Å². The van der Waals surface area contributed by atoms with Gasteiger partial charge in [-0.05, 0) is 65.2 Å². The Balaban J connectivity index is 2.00. The number of hydrogen-bond donors (Lipinski definition) is 1. The van der Waals surface area contributed by atoms with E-state index in [0.717, 1.165) is 32.1 Å². The second-order valence-corrected chi connectivity index (χ2v) is 8.65. The molecule has 1 saturated carbocycles. The number of hydrogen-bond acceptors (Lipinski definition) is 3. The second kappa shape index (κ2) is 5.99. The van der Waals surface area contributed by atoms with Crippen molar-refractivity contribution in [3.05, 3.63) is 28.2 Å². The Morgan fingerprint density at radius 1 is 1.24 bits per heavy atom. The Morgan fingerprint density at radius 2 is 2.00 bits per heavy atom. The van der Waals surface area contributed by atoms with Crippen LogP contribution in [0.4, 0.5) is 0 Å². The first-order valence-electron chi connectivity index (χ1n) is 7.45. The first-order valence-corrected chi connectivity index (χ1v) is 9.68. The summed E-state index contributed by atoms with van der Waals surface area (Å²) in [7, 11) is -3.50. The van der Waals surface area contributed by atoms with Gasteiger partial charge in [-0.15, -0.1) is 0 Å². The van der Waals surface area contributed by atoms with Gasteiger partial charge in [0.25, 0.3) is 0 Å².